The van der Waals surface area contributed by atoms with Crippen molar-refractivity contribution in [1.29, 1.82) is 0 Å². The Balaban J connectivity index is 1.53. The fourth-order valence-electron chi connectivity index (χ4n) is 2.98. The minimum Gasteiger partial charge on any atom is -0.374 e. The lowest BCUT2D eigenvalue weighted by Crippen LogP contribution is -2.35. The van der Waals surface area contributed by atoms with Gasteiger partial charge in [-0.3, -0.25) is 9.67 Å². The van der Waals surface area contributed by atoms with E-state index in [-0.39, 0.29) is 6.10 Å². The quantitative estimate of drug-likeness (QED) is 0.726. The fourth-order valence-corrected chi connectivity index (χ4v) is 2.98. The minimum atomic E-state index is 0.0630. The van der Waals surface area contributed by atoms with Crippen LogP contribution in [0.25, 0.3) is 11.3 Å². The van der Waals surface area contributed by atoms with Crippen LogP contribution in [0.3, 0.4) is 0 Å². The standard InChI is InChI=1S/C18H20N6O/c1-4-15(12-19-6-1)17-5-8-20-18(22-17)23-9-3-11-25-16(13-23)14-24-10-2-7-21-24/h1-2,4-8,10,12,16H,3,9,11,13-14H2/t16-/m0/s1. The molecule has 0 saturated carbocycles. The molecule has 1 aliphatic heterocycles. The number of nitrogens with zero attached hydrogens (tertiary/aromatic N) is 6. The molecule has 25 heavy (non-hydrogen) atoms. The Labute approximate surface area is 146 Å². The van der Waals surface area contributed by atoms with Crippen molar-refractivity contribution in [3.05, 3.63) is 55.2 Å². The monoisotopic (exact) mass is 336 g/mol. The summed E-state index contributed by atoms with van der Waals surface area (Å²) in [7, 11) is 0. The average molecular weight is 336 g/mol. The smallest absolute Gasteiger partial charge is 0.225 e. The number of hydrogen-bond donors (Lipinski definition) is 0. The van der Waals surface area contributed by atoms with Crippen LogP contribution in [-0.2, 0) is 11.3 Å². The summed E-state index contributed by atoms with van der Waals surface area (Å²) < 4.78 is 7.88. The second-order valence-electron chi connectivity index (χ2n) is 6.00. The summed E-state index contributed by atoms with van der Waals surface area (Å²) >= 11 is 0. The molecular formula is C18H20N6O. The Morgan fingerprint density at radius 2 is 2.16 bits per heavy atom. The first-order valence-electron chi connectivity index (χ1n) is 8.46. The van der Waals surface area contributed by atoms with Gasteiger partial charge in [0, 0.05) is 56.2 Å². The van der Waals surface area contributed by atoms with Crippen molar-refractivity contribution >= 4 is 5.95 Å². The minimum absolute atomic E-state index is 0.0630. The van der Waals surface area contributed by atoms with Crippen LogP contribution in [0.2, 0.25) is 0 Å². The van der Waals surface area contributed by atoms with Gasteiger partial charge in [0.25, 0.3) is 0 Å². The molecule has 4 rings (SSSR count). The summed E-state index contributed by atoms with van der Waals surface area (Å²) in [6, 6.07) is 7.76. The largest absolute Gasteiger partial charge is 0.374 e. The van der Waals surface area contributed by atoms with E-state index < -0.39 is 0 Å². The van der Waals surface area contributed by atoms with E-state index in [1.165, 1.54) is 0 Å². The lowest BCUT2D eigenvalue weighted by atomic mass is 10.2. The maximum atomic E-state index is 5.97. The maximum absolute atomic E-state index is 5.97. The highest BCUT2D eigenvalue weighted by atomic mass is 16.5. The zero-order valence-corrected chi connectivity index (χ0v) is 13.9. The van der Waals surface area contributed by atoms with E-state index in [4.69, 9.17) is 9.72 Å². The molecule has 1 fully saturated rings. The predicted octanol–water partition coefficient (Wildman–Crippen LogP) is 2.03. The third-order valence-electron chi connectivity index (χ3n) is 4.18. The molecule has 1 saturated heterocycles. The van der Waals surface area contributed by atoms with Crippen LogP contribution in [0.5, 0.6) is 0 Å². The van der Waals surface area contributed by atoms with Gasteiger partial charge >= 0.3 is 0 Å². The zero-order valence-electron chi connectivity index (χ0n) is 13.9. The molecule has 0 N–H and O–H groups in total. The van der Waals surface area contributed by atoms with E-state index in [1.54, 1.807) is 18.6 Å². The zero-order chi connectivity index (χ0) is 16.9. The first kappa shape index (κ1) is 15.7. The normalized spacial score (nSPS) is 18.1. The first-order valence-corrected chi connectivity index (χ1v) is 8.46. The molecule has 128 valence electrons. The molecule has 0 amide bonds. The molecule has 0 aromatic carbocycles. The molecule has 7 heteroatoms. The van der Waals surface area contributed by atoms with Gasteiger partial charge in [-0.05, 0) is 30.7 Å². The van der Waals surface area contributed by atoms with Gasteiger partial charge < -0.3 is 9.64 Å². The van der Waals surface area contributed by atoms with E-state index in [9.17, 15) is 0 Å². The van der Waals surface area contributed by atoms with Gasteiger partial charge in [0.15, 0.2) is 0 Å². The van der Waals surface area contributed by atoms with E-state index in [0.717, 1.165) is 49.9 Å². The van der Waals surface area contributed by atoms with Crippen molar-refractivity contribution in [2.75, 3.05) is 24.6 Å². The molecule has 7 nitrogen and oxygen atoms in total. The lowest BCUT2D eigenvalue weighted by molar-refractivity contribution is 0.0543. The van der Waals surface area contributed by atoms with E-state index in [0.29, 0.717) is 0 Å². The van der Waals surface area contributed by atoms with Crippen molar-refractivity contribution in [3.63, 3.8) is 0 Å². The van der Waals surface area contributed by atoms with Crippen LogP contribution >= 0.6 is 0 Å². The molecule has 0 radical (unpaired) electrons. The summed E-state index contributed by atoms with van der Waals surface area (Å²) in [5.74, 6) is 0.734. The van der Waals surface area contributed by atoms with Crippen LogP contribution in [0.4, 0.5) is 5.95 Å². The topological polar surface area (TPSA) is 69.0 Å². The van der Waals surface area contributed by atoms with Crippen LogP contribution in [0.15, 0.2) is 55.2 Å². The van der Waals surface area contributed by atoms with Gasteiger partial charge in [-0.1, -0.05) is 0 Å². The number of pyridine rings is 1. The fraction of sp³-hybridized carbons (Fsp3) is 0.333. The maximum Gasteiger partial charge on any atom is 0.225 e. The molecule has 0 unspecified atom stereocenters. The Morgan fingerprint density at radius 1 is 1.16 bits per heavy atom. The summed E-state index contributed by atoms with van der Waals surface area (Å²) in [4.78, 5) is 15.6. The molecule has 0 aliphatic carbocycles. The summed E-state index contributed by atoms with van der Waals surface area (Å²) in [5, 5.41) is 4.27. The third-order valence-corrected chi connectivity index (χ3v) is 4.18. The molecule has 4 heterocycles. The Bertz CT molecular complexity index is 792. The molecule has 1 aliphatic rings. The molecule has 0 bridgehead atoms. The third kappa shape index (κ3) is 3.83. The van der Waals surface area contributed by atoms with Gasteiger partial charge in [0.1, 0.15) is 0 Å². The Hall–Kier alpha value is -2.80. The summed E-state index contributed by atoms with van der Waals surface area (Å²) in [6.45, 7) is 3.10. The van der Waals surface area contributed by atoms with E-state index in [1.807, 2.05) is 41.3 Å². The van der Waals surface area contributed by atoms with Gasteiger partial charge in [-0.2, -0.15) is 5.10 Å². The van der Waals surface area contributed by atoms with Crippen LogP contribution in [-0.4, -0.2) is 50.5 Å². The van der Waals surface area contributed by atoms with Crippen LogP contribution in [0.1, 0.15) is 6.42 Å². The highest BCUT2D eigenvalue weighted by Gasteiger charge is 2.21. The molecule has 0 spiro atoms. The van der Waals surface area contributed by atoms with Crippen molar-refractivity contribution in [2.45, 2.75) is 19.1 Å². The second-order valence-corrected chi connectivity index (χ2v) is 6.00. The van der Waals surface area contributed by atoms with E-state index in [2.05, 4.69) is 20.0 Å². The SMILES string of the molecule is c1cncc(-c2ccnc(N3CCCO[C@H](Cn4cccn4)C3)n2)c1. The van der Waals surface area contributed by atoms with Crippen molar-refractivity contribution < 1.29 is 4.74 Å². The Morgan fingerprint density at radius 3 is 3.00 bits per heavy atom. The highest BCUT2D eigenvalue weighted by molar-refractivity contribution is 5.58. The first-order chi connectivity index (χ1) is 12.4. The number of hydrogen-bond acceptors (Lipinski definition) is 6. The van der Waals surface area contributed by atoms with Crippen molar-refractivity contribution in [2.24, 2.45) is 0 Å². The number of ether oxygens (including phenoxy) is 1. The van der Waals surface area contributed by atoms with Crippen molar-refractivity contribution in [1.82, 2.24) is 24.7 Å². The van der Waals surface area contributed by atoms with Crippen LogP contribution in [0, 0.1) is 0 Å². The van der Waals surface area contributed by atoms with Crippen LogP contribution < -0.4 is 4.90 Å². The second kappa shape index (κ2) is 7.40. The lowest BCUT2D eigenvalue weighted by Gasteiger charge is -2.24. The van der Waals surface area contributed by atoms with Gasteiger partial charge in [0.2, 0.25) is 5.95 Å². The van der Waals surface area contributed by atoms with Gasteiger partial charge in [-0.15, -0.1) is 0 Å². The average Bonchev–Trinajstić information content (AvgIpc) is 3.06. The van der Waals surface area contributed by atoms with Crippen molar-refractivity contribution in [3.8, 4) is 11.3 Å². The van der Waals surface area contributed by atoms with E-state index >= 15 is 0 Å². The van der Waals surface area contributed by atoms with Gasteiger partial charge in [-0.25, -0.2) is 9.97 Å². The predicted molar refractivity (Wildman–Crippen MR) is 94.1 cm³/mol. The molecule has 3 aromatic rings. The molecular weight excluding hydrogens is 316 g/mol. The number of anilines is 1. The summed E-state index contributed by atoms with van der Waals surface area (Å²) in [5.41, 5.74) is 1.87. The Kier molecular flexibility index (Phi) is 4.65. The summed E-state index contributed by atoms with van der Waals surface area (Å²) in [6.07, 6.45) is 10.1. The van der Waals surface area contributed by atoms with Gasteiger partial charge in [0.05, 0.1) is 18.3 Å². The number of aromatic nitrogens is 5. The molecule has 3 aromatic heterocycles. The highest BCUT2D eigenvalue weighted by Crippen LogP contribution is 2.19. The number of rotatable bonds is 4. The molecule has 1 atom stereocenters.